The van der Waals surface area contributed by atoms with Gasteiger partial charge in [0.05, 0.1) is 19.1 Å². The van der Waals surface area contributed by atoms with E-state index < -0.39 is 0 Å². The SMILES string of the molecule is CNC1COCC1C(=O)OCc1ccc(Br)cc1. The maximum atomic E-state index is 11.9. The minimum absolute atomic E-state index is 0.0578. The predicted molar refractivity (Wildman–Crippen MR) is 71.1 cm³/mol. The van der Waals surface area contributed by atoms with Crippen LogP contribution in [-0.2, 0) is 20.9 Å². The lowest BCUT2D eigenvalue weighted by atomic mass is 10.0. The Balaban J connectivity index is 1.86. The third-order valence-corrected chi connectivity index (χ3v) is 3.58. The van der Waals surface area contributed by atoms with E-state index in [0.717, 1.165) is 10.0 Å². The quantitative estimate of drug-likeness (QED) is 0.860. The van der Waals surface area contributed by atoms with E-state index in [1.807, 2.05) is 31.3 Å². The summed E-state index contributed by atoms with van der Waals surface area (Å²) >= 11 is 3.36. The number of hydrogen-bond acceptors (Lipinski definition) is 4. The molecule has 5 heteroatoms. The van der Waals surface area contributed by atoms with Gasteiger partial charge in [0.2, 0.25) is 0 Å². The van der Waals surface area contributed by atoms with Gasteiger partial charge in [-0.25, -0.2) is 0 Å². The van der Waals surface area contributed by atoms with Crippen LogP contribution in [0.3, 0.4) is 0 Å². The number of esters is 1. The molecule has 1 heterocycles. The van der Waals surface area contributed by atoms with E-state index >= 15 is 0 Å². The van der Waals surface area contributed by atoms with Crippen molar-refractivity contribution in [3.63, 3.8) is 0 Å². The summed E-state index contributed by atoms with van der Waals surface area (Å²) < 4.78 is 11.6. The van der Waals surface area contributed by atoms with Crippen LogP contribution in [-0.4, -0.2) is 32.3 Å². The molecule has 18 heavy (non-hydrogen) atoms. The topological polar surface area (TPSA) is 47.6 Å². The van der Waals surface area contributed by atoms with Crippen LogP contribution in [0, 0.1) is 5.92 Å². The highest BCUT2D eigenvalue weighted by Crippen LogP contribution is 2.17. The Morgan fingerprint density at radius 1 is 1.44 bits per heavy atom. The second-order valence-corrected chi connectivity index (χ2v) is 5.19. The molecule has 0 spiro atoms. The number of carbonyl (C=O) groups is 1. The van der Waals surface area contributed by atoms with Gasteiger partial charge in [-0.15, -0.1) is 0 Å². The van der Waals surface area contributed by atoms with Crippen LogP contribution >= 0.6 is 15.9 Å². The van der Waals surface area contributed by atoms with Gasteiger partial charge in [-0.05, 0) is 24.7 Å². The highest BCUT2D eigenvalue weighted by Gasteiger charge is 2.34. The highest BCUT2D eigenvalue weighted by atomic mass is 79.9. The Hall–Kier alpha value is -0.910. The van der Waals surface area contributed by atoms with Gasteiger partial charge < -0.3 is 14.8 Å². The molecule has 2 rings (SSSR count). The first-order chi connectivity index (χ1) is 8.70. The molecule has 0 aliphatic carbocycles. The van der Waals surface area contributed by atoms with E-state index in [1.165, 1.54) is 0 Å². The molecule has 1 aliphatic heterocycles. The van der Waals surface area contributed by atoms with Crippen molar-refractivity contribution in [3.8, 4) is 0 Å². The van der Waals surface area contributed by atoms with Gasteiger partial charge in [-0.3, -0.25) is 4.79 Å². The van der Waals surface area contributed by atoms with E-state index in [9.17, 15) is 4.79 Å². The first-order valence-corrected chi connectivity index (χ1v) is 6.66. The second-order valence-electron chi connectivity index (χ2n) is 4.27. The van der Waals surface area contributed by atoms with Crippen molar-refractivity contribution in [1.82, 2.24) is 5.32 Å². The van der Waals surface area contributed by atoms with Crippen molar-refractivity contribution < 1.29 is 14.3 Å². The van der Waals surface area contributed by atoms with E-state index in [-0.39, 0.29) is 17.9 Å². The van der Waals surface area contributed by atoms with Gasteiger partial charge in [-0.2, -0.15) is 0 Å². The monoisotopic (exact) mass is 313 g/mol. The van der Waals surface area contributed by atoms with Gasteiger partial charge in [0.1, 0.15) is 6.61 Å². The lowest BCUT2D eigenvalue weighted by Crippen LogP contribution is -2.37. The summed E-state index contributed by atoms with van der Waals surface area (Å²) in [6, 6.07) is 7.77. The smallest absolute Gasteiger partial charge is 0.313 e. The summed E-state index contributed by atoms with van der Waals surface area (Å²) in [6.45, 7) is 1.30. The summed E-state index contributed by atoms with van der Waals surface area (Å²) in [5.74, 6) is -0.403. The zero-order valence-electron chi connectivity index (χ0n) is 10.2. The van der Waals surface area contributed by atoms with Crippen molar-refractivity contribution in [2.75, 3.05) is 20.3 Å². The Morgan fingerprint density at radius 3 is 2.83 bits per heavy atom. The number of halogens is 1. The summed E-state index contributed by atoms with van der Waals surface area (Å²) in [6.07, 6.45) is 0. The van der Waals surface area contributed by atoms with Crippen LogP contribution in [0.1, 0.15) is 5.56 Å². The maximum Gasteiger partial charge on any atom is 0.313 e. The molecule has 0 saturated carbocycles. The first kappa shape index (κ1) is 13.5. The molecule has 0 aromatic heterocycles. The predicted octanol–water partition coefficient (Wildman–Crippen LogP) is 1.73. The summed E-state index contributed by atoms with van der Waals surface area (Å²) in [5.41, 5.74) is 0.978. The molecule has 2 atom stereocenters. The van der Waals surface area contributed by atoms with Gasteiger partial charge in [0, 0.05) is 10.5 Å². The Kier molecular flexibility index (Phi) is 4.74. The van der Waals surface area contributed by atoms with Crippen molar-refractivity contribution >= 4 is 21.9 Å². The second kappa shape index (κ2) is 6.31. The number of hydrogen-bond donors (Lipinski definition) is 1. The van der Waals surface area contributed by atoms with Crippen molar-refractivity contribution in [2.45, 2.75) is 12.6 Å². The molecule has 0 bridgehead atoms. The Morgan fingerprint density at radius 2 is 2.17 bits per heavy atom. The number of rotatable bonds is 4. The van der Waals surface area contributed by atoms with Gasteiger partial charge in [0.25, 0.3) is 0 Å². The number of carbonyl (C=O) groups excluding carboxylic acids is 1. The fourth-order valence-electron chi connectivity index (χ4n) is 1.91. The zero-order chi connectivity index (χ0) is 13.0. The molecule has 1 aliphatic rings. The molecule has 4 nitrogen and oxygen atoms in total. The normalized spacial score (nSPS) is 23.0. The summed E-state index contributed by atoms with van der Waals surface area (Å²) in [4.78, 5) is 11.9. The molecule has 0 amide bonds. The Bertz CT molecular complexity index is 407. The Labute approximate surface area is 115 Å². The van der Waals surface area contributed by atoms with Crippen molar-refractivity contribution in [2.24, 2.45) is 5.92 Å². The minimum Gasteiger partial charge on any atom is -0.460 e. The van der Waals surface area contributed by atoms with Crippen LogP contribution in [0.4, 0.5) is 0 Å². The molecule has 1 N–H and O–H groups in total. The minimum atomic E-state index is -0.203. The molecule has 2 unspecified atom stereocenters. The number of likely N-dealkylation sites (N-methyl/N-ethyl adjacent to an activating group) is 1. The first-order valence-electron chi connectivity index (χ1n) is 5.87. The van der Waals surface area contributed by atoms with Crippen molar-refractivity contribution in [3.05, 3.63) is 34.3 Å². The maximum absolute atomic E-state index is 11.9. The molecule has 0 radical (unpaired) electrons. The average molecular weight is 314 g/mol. The van der Waals surface area contributed by atoms with Gasteiger partial charge in [-0.1, -0.05) is 28.1 Å². The fourth-order valence-corrected chi connectivity index (χ4v) is 2.18. The summed E-state index contributed by atoms with van der Waals surface area (Å²) in [5, 5.41) is 3.07. The third-order valence-electron chi connectivity index (χ3n) is 3.05. The van der Waals surface area contributed by atoms with Crippen molar-refractivity contribution in [1.29, 1.82) is 0 Å². The van der Waals surface area contributed by atoms with E-state index in [1.54, 1.807) is 0 Å². The lowest BCUT2D eigenvalue weighted by molar-refractivity contribution is -0.150. The summed E-state index contributed by atoms with van der Waals surface area (Å²) in [7, 11) is 1.83. The molecular formula is C13H16BrNO3. The van der Waals surface area contributed by atoms with Crippen LogP contribution < -0.4 is 5.32 Å². The molecule has 1 saturated heterocycles. The van der Waals surface area contributed by atoms with E-state index in [0.29, 0.717) is 19.8 Å². The number of ether oxygens (including phenoxy) is 2. The van der Waals surface area contributed by atoms with Crippen LogP contribution in [0.5, 0.6) is 0 Å². The zero-order valence-corrected chi connectivity index (χ0v) is 11.8. The van der Waals surface area contributed by atoms with Gasteiger partial charge in [0.15, 0.2) is 0 Å². The van der Waals surface area contributed by atoms with E-state index in [2.05, 4.69) is 21.2 Å². The average Bonchev–Trinajstić information content (AvgIpc) is 2.86. The van der Waals surface area contributed by atoms with Crippen LogP contribution in [0.25, 0.3) is 0 Å². The largest absolute Gasteiger partial charge is 0.460 e. The van der Waals surface area contributed by atoms with Crippen LogP contribution in [0.2, 0.25) is 0 Å². The van der Waals surface area contributed by atoms with Gasteiger partial charge >= 0.3 is 5.97 Å². The third kappa shape index (κ3) is 3.31. The van der Waals surface area contributed by atoms with Crippen LogP contribution in [0.15, 0.2) is 28.7 Å². The molecular weight excluding hydrogens is 298 g/mol. The fraction of sp³-hybridized carbons (Fsp3) is 0.462. The molecule has 1 fully saturated rings. The molecule has 98 valence electrons. The number of nitrogens with one attached hydrogen (secondary N) is 1. The molecule has 1 aromatic carbocycles. The van der Waals surface area contributed by atoms with E-state index in [4.69, 9.17) is 9.47 Å². The lowest BCUT2D eigenvalue weighted by Gasteiger charge is -2.15. The highest BCUT2D eigenvalue weighted by molar-refractivity contribution is 9.10. The standard InChI is InChI=1S/C13H16BrNO3/c1-15-12-8-17-7-11(12)13(16)18-6-9-2-4-10(14)5-3-9/h2-5,11-12,15H,6-8H2,1H3. The number of benzene rings is 1. The molecule has 1 aromatic rings.